The summed E-state index contributed by atoms with van der Waals surface area (Å²) in [4.78, 5) is 16.8. The Balaban J connectivity index is 2.07. The Morgan fingerprint density at radius 2 is 1.84 bits per heavy atom. The molecule has 2 amide bonds. The lowest BCUT2D eigenvalue weighted by molar-refractivity contribution is -0.0969. The summed E-state index contributed by atoms with van der Waals surface area (Å²) in [7, 11) is 3.95. The molecule has 0 aromatic heterocycles. The molecule has 172 valence electrons. The Bertz CT molecular complexity index is 795. The molecule has 1 heterocycles. The van der Waals surface area contributed by atoms with Crippen molar-refractivity contribution in [2.24, 2.45) is 0 Å². The van der Waals surface area contributed by atoms with E-state index in [1.165, 1.54) is 0 Å². The van der Waals surface area contributed by atoms with Crippen molar-refractivity contribution in [2.75, 3.05) is 40.4 Å². The van der Waals surface area contributed by atoms with Crippen LogP contribution in [0.25, 0.3) is 0 Å². The number of carbonyl (C=O) groups is 1. The minimum Gasteiger partial charge on any atom is -0.342 e. The third-order valence-electron chi connectivity index (χ3n) is 5.44. The molecule has 1 unspecified atom stereocenters. The first kappa shape index (κ1) is 25.8. The monoisotopic (exact) mass is 469 g/mol. The number of nitrogens with zero attached hydrogens (tertiary/aromatic N) is 2. The topological polar surface area (TPSA) is 54.0 Å². The van der Waals surface area contributed by atoms with Crippen LogP contribution in [0, 0.1) is 11.8 Å². The Morgan fingerprint density at radius 1 is 1.23 bits per heavy atom. The fourth-order valence-electron chi connectivity index (χ4n) is 3.48. The lowest BCUT2D eigenvalue weighted by atomic mass is 10.0. The molecule has 0 bridgehead atoms. The van der Waals surface area contributed by atoms with Crippen molar-refractivity contribution in [1.82, 2.24) is 15.1 Å². The molecule has 1 aromatic carbocycles. The number of ether oxygens (including phenoxy) is 2. The molecule has 1 aliphatic rings. The number of urea groups is 1. The number of benzene rings is 1. The van der Waals surface area contributed by atoms with Gasteiger partial charge in [-0.2, -0.15) is 0 Å². The molecule has 1 aliphatic heterocycles. The van der Waals surface area contributed by atoms with Crippen LogP contribution in [0.1, 0.15) is 50.8 Å². The van der Waals surface area contributed by atoms with Crippen molar-refractivity contribution >= 4 is 29.2 Å². The molecule has 1 aromatic rings. The summed E-state index contributed by atoms with van der Waals surface area (Å²) in [6.07, 6.45) is 1.33. The Hall–Kier alpha value is -1.49. The minimum atomic E-state index is -0.613. The summed E-state index contributed by atoms with van der Waals surface area (Å²) in [6, 6.07) is 3.47. The van der Waals surface area contributed by atoms with E-state index in [1.807, 2.05) is 33.9 Å². The number of carbonyl (C=O) groups excluding carboxylic acids is 1. The van der Waals surface area contributed by atoms with Gasteiger partial charge in [0.25, 0.3) is 0 Å². The first-order chi connectivity index (χ1) is 14.8. The van der Waals surface area contributed by atoms with E-state index in [9.17, 15) is 4.79 Å². The first-order valence-electron chi connectivity index (χ1n) is 10.7. The van der Waals surface area contributed by atoms with E-state index in [-0.39, 0.29) is 18.1 Å². The van der Waals surface area contributed by atoms with Crippen LogP contribution in [-0.4, -0.2) is 68.6 Å². The summed E-state index contributed by atoms with van der Waals surface area (Å²) >= 11 is 13.0. The molecule has 0 radical (unpaired) electrons. The molecule has 1 atom stereocenters. The van der Waals surface area contributed by atoms with E-state index in [4.69, 9.17) is 32.7 Å². The molecule has 1 saturated heterocycles. The number of hydrogen-bond acceptors (Lipinski definition) is 4. The van der Waals surface area contributed by atoms with Crippen LogP contribution < -0.4 is 5.32 Å². The molecule has 0 aliphatic carbocycles. The number of halogens is 2. The van der Waals surface area contributed by atoms with E-state index in [0.29, 0.717) is 28.8 Å². The second-order valence-corrected chi connectivity index (χ2v) is 8.41. The molecule has 1 fully saturated rings. The molecular weight excluding hydrogens is 437 g/mol. The SMILES string of the molecule is CCOC(C#Cc1ccc(C(C)NC(=O)N(C)C2CCN(C)CC2)c(Cl)c1Cl)OCC. The summed E-state index contributed by atoms with van der Waals surface area (Å²) in [5, 5.41) is 3.76. The molecule has 8 heteroatoms. The van der Waals surface area contributed by atoms with Gasteiger partial charge in [0.15, 0.2) is 0 Å². The van der Waals surface area contributed by atoms with Crippen LogP contribution in [0.4, 0.5) is 4.79 Å². The van der Waals surface area contributed by atoms with E-state index in [0.717, 1.165) is 31.5 Å². The lowest BCUT2D eigenvalue weighted by Crippen LogP contribution is -2.48. The van der Waals surface area contributed by atoms with Gasteiger partial charge in [-0.3, -0.25) is 0 Å². The average Bonchev–Trinajstić information content (AvgIpc) is 2.74. The molecule has 0 saturated carbocycles. The van der Waals surface area contributed by atoms with Gasteiger partial charge in [-0.1, -0.05) is 35.2 Å². The van der Waals surface area contributed by atoms with Crippen LogP contribution in [-0.2, 0) is 9.47 Å². The van der Waals surface area contributed by atoms with Crippen molar-refractivity contribution in [3.63, 3.8) is 0 Å². The van der Waals surface area contributed by atoms with E-state index in [1.54, 1.807) is 11.0 Å². The zero-order valence-electron chi connectivity index (χ0n) is 19.0. The van der Waals surface area contributed by atoms with Gasteiger partial charge in [0.1, 0.15) is 0 Å². The van der Waals surface area contributed by atoms with Crippen molar-refractivity contribution < 1.29 is 14.3 Å². The summed E-state index contributed by atoms with van der Waals surface area (Å²) < 4.78 is 10.9. The van der Waals surface area contributed by atoms with Crippen LogP contribution in [0.15, 0.2) is 12.1 Å². The zero-order valence-corrected chi connectivity index (χ0v) is 20.5. The van der Waals surface area contributed by atoms with Gasteiger partial charge < -0.3 is 24.6 Å². The van der Waals surface area contributed by atoms with Crippen LogP contribution in [0.2, 0.25) is 10.0 Å². The number of likely N-dealkylation sites (tertiary alicyclic amines) is 1. The van der Waals surface area contributed by atoms with Crippen molar-refractivity contribution in [1.29, 1.82) is 0 Å². The fraction of sp³-hybridized carbons (Fsp3) is 0.609. The van der Waals surface area contributed by atoms with E-state index < -0.39 is 6.29 Å². The largest absolute Gasteiger partial charge is 0.342 e. The van der Waals surface area contributed by atoms with Gasteiger partial charge in [0.2, 0.25) is 6.29 Å². The predicted molar refractivity (Wildman–Crippen MR) is 126 cm³/mol. The van der Waals surface area contributed by atoms with Gasteiger partial charge in [-0.15, -0.1) is 0 Å². The third-order valence-corrected chi connectivity index (χ3v) is 6.33. The quantitative estimate of drug-likeness (QED) is 0.470. The number of piperidine rings is 1. The summed E-state index contributed by atoms with van der Waals surface area (Å²) in [6.45, 7) is 8.64. The summed E-state index contributed by atoms with van der Waals surface area (Å²) in [5.41, 5.74) is 1.33. The van der Waals surface area contributed by atoms with Crippen molar-refractivity contribution in [2.45, 2.75) is 52.0 Å². The molecular formula is C23H33Cl2N3O3. The maximum Gasteiger partial charge on any atom is 0.317 e. The van der Waals surface area contributed by atoms with Gasteiger partial charge in [-0.25, -0.2) is 4.79 Å². The Kier molecular flexibility index (Phi) is 10.4. The number of nitrogens with one attached hydrogen (secondary N) is 1. The van der Waals surface area contributed by atoms with Gasteiger partial charge in [-0.05, 0) is 71.3 Å². The second kappa shape index (κ2) is 12.5. The first-order valence-corrected chi connectivity index (χ1v) is 11.5. The molecule has 6 nitrogen and oxygen atoms in total. The van der Waals surface area contributed by atoms with Crippen molar-refractivity contribution in [3.05, 3.63) is 33.3 Å². The third kappa shape index (κ3) is 7.27. The fourth-order valence-corrected chi connectivity index (χ4v) is 4.03. The molecule has 2 rings (SSSR count). The smallest absolute Gasteiger partial charge is 0.317 e. The van der Waals surface area contributed by atoms with Gasteiger partial charge in [0, 0.05) is 31.9 Å². The standard InChI is InChI=1S/C23H33Cl2N3O3/c1-6-30-20(31-7-2)11-9-17-8-10-19(22(25)21(17)24)16(3)26-23(29)28(5)18-12-14-27(4)15-13-18/h8,10,16,18,20H,6-7,12-15H2,1-5H3,(H,26,29). The number of rotatable bonds is 7. The highest BCUT2D eigenvalue weighted by Gasteiger charge is 2.25. The van der Waals surface area contributed by atoms with E-state index in [2.05, 4.69) is 29.1 Å². The highest BCUT2D eigenvalue weighted by Crippen LogP contribution is 2.33. The number of hydrogen-bond donors (Lipinski definition) is 1. The highest BCUT2D eigenvalue weighted by molar-refractivity contribution is 6.43. The highest BCUT2D eigenvalue weighted by atomic mass is 35.5. The van der Waals surface area contributed by atoms with Gasteiger partial charge >= 0.3 is 6.03 Å². The van der Waals surface area contributed by atoms with Crippen molar-refractivity contribution in [3.8, 4) is 11.8 Å². The maximum absolute atomic E-state index is 12.7. The number of amides is 2. The zero-order chi connectivity index (χ0) is 23.0. The Morgan fingerprint density at radius 3 is 2.42 bits per heavy atom. The second-order valence-electron chi connectivity index (χ2n) is 7.66. The van der Waals surface area contributed by atoms with Crippen LogP contribution in [0.5, 0.6) is 0 Å². The van der Waals surface area contributed by atoms with Crippen LogP contribution >= 0.6 is 23.2 Å². The molecule has 0 spiro atoms. The van der Waals surface area contributed by atoms with Gasteiger partial charge in [0.05, 0.1) is 16.1 Å². The lowest BCUT2D eigenvalue weighted by Gasteiger charge is -2.35. The van der Waals surface area contributed by atoms with E-state index >= 15 is 0 Å². The Labute approximate surface area is 196 Å². The van der Waals surface area contributed by atoms with Crippen LogP contribution in [0.3, 0.4) is 0 Å². The molecule has 1 N–H and O–H groups in total. The predicted octanol–water partition coefficient (Wildman–Crippen LogP) is 4.54. The molecule has 31 heavy (non-hydrogen) atoms. The normalized spacial score (nSPS) is 16.0. The maximum atomic E-state index is 12.7. The summed E-state index contributed by atoms with van der Waals surface area (Å²) in [5.74, 6) is 5.90. The average molecular weight is 470 g/mol. The minimum absolute atomic E-state index is 0.116.